The Morgan fingerprint density at radius 3 is 2.85 bits per heavy atom. The molecule has 1 rings (SSSR count). The molecule has 1 aromatic carbocycles. The molecule has 5 heteroatoms. The molecule has 0 aliphatic heterocycles. The van der Waals surface area contributed by atoms with E-state index in [0.717, 1.165) is 0 Å². The van der Waals surface area contributed by atoms with Crippen molar-refractivity contribution >= 4 is 27.6 Å². The summed E-state index contributed by atoms with van der Waals surface area (Å²) in [7, 11) is 0. The van der Waals surface area contributed by atoms with Crippen LogP contribution in [0.25, 0.3) is 0 Å². The summed E-state index contributed by atoms with van der Waals surface area (Å²) in [4.78, 5) is 10.2. The zero-order valence-electron chi connectivity index (χ0n) is 6.55. The SMILES string of the molecule is O=C(O)CNc1ccc(F)cc1Br. The highest BCUT2D eigenvalue weighted by molar-refractivity contribution is 9.10. The Labute approximate surface area is 82.7 Å². The number of carbonyl (C=O) groups is 1. The highest BCUT2D eigenvalue weighted by Gasteiger charge is 2.02. The number of hydrogen-bond acceptors (Lipinski definition) is 2. The van der Waals surface area contributed by atoms with Gasteiger partial charge in [0.25, 0.3) is 0 Å². The lowest BCUT2D eigenvalue weighted by molar-refractivity contribution is -0.134. The van der Waals surface area contributed by atoms with Crippen LogP contribution in [0.15, 0.2) is 22.7 Å². The number of anilines is 1. The van der Waals surface area contributed by atoms with Crippen LogP contribution in [0.3, 0.4) is 0 Å². The van der Waals surface area contributed by atoms with Gasteiger partial charge in [0.15, 0.2) is 0 Å². The molecule has 0 aromatic heterocycles. The van der Waals surface area contributed by atoms with Crippen LogP contribution in [0.1, 0.15) is 0 Å². The van der Waals surface area contributed by atoms with Crippen molar-refractivity contribution in [2.45, 2.75) is 0 Å². The van der Waals surface area contributed by atoms with Crippen molar-refractivity contribution in [3.63, 3.8) is 0 Å². The first-order valence-electron chi connectivity index (χ1n) is 3.50. The van der Waals surface area contributed by atoms with Gasteiger partial charge in [0, 0.05) is 10.2 Å². The Hall–Kier alpha value is -1.10. The van der Waals surface area contributed by atoms with Crippen molar-refractivity contribution in [3.05, 3.63) is 28.5 Å². The maximum atomic E-state index is 12.6. The molecule has 70 valence electrons. The average molecular weight is 248 g/mol. The highest BCUT2D eigenvalue weighted by Crippen LogP contribution is 2.22. The van der Waals surface area contributed by atoms with E-state index in [9.17, 15) is 9.18 Å². The molecule has 0 saturated carbocycles. The topological polar surface area (TPSA) is 49.3 Å². The first kappa shape index (κ1) is 9.98. The average Bonchev–Trinajstić information content (AvgIpc) is 2.02. The quantitative estimate of drug-likeness (QED) is 0.860. The number of halogens is 2. The molecule has 0 bridgehead atoms. The van der Waals surface area contributed by atoms with Gasteiger partial charge in [-0.05, 0) is 34.1 Å². The smallest absolute Gasteiger partial charge is 0.322 e. The van der Waals surface area contributed by atoms with Gasteiger partial charge < -0.3 is 10.4 Å². The van der Waals surface area contributed by atoms with Crippen molar-refractivity contribution in [3.8, 4) is 0 Å². The second-order valence-corrected chi connectivity index (χ2v) is 3.23. The molecule has 0 unspecified atom stereocenters. The van der Waals surface area contributed by atoms with Crippen LogP contribution >= 0.6 is 15.9 Å². The number of carboxylic acids is 1. The van der Waals surface area contributed by atoms with Crippen LogP contribution in [-0.4, -0.2) is 17.6 Å². The number of carboxylic acid groups (broad SMARTS) is 1. The summed E-state index contributed by atoms with van der Waals surface area (Å²) in [5.41, 5.74) is 0.559. The van der Waals surface area contributed by atoms with Crippen molar-refractivity contribution < 1.29 is 14.3 Å². The molecule has 0 atom stereocenters. The maximum absolute atomic E-state index is 12.6. The summed E-state index contributed by atoms with van der Waals surface area (Å²) in [5.74, 6) is -1.33. The molecular formula is C8H7BrFNO2. The van der Waals surface area contributed by atoms with Crippen molar-refractivity contribution in [2.75, 3.05) is 11.9 Å². The van der Waals surface area contributed by atoms with Gasteiger partial charge in [-0.2, -0.15) is 0 Å². The second kappa shape index (κ2) is 4.23. The van der Waals surface area contributed by atoms with Crippen LogP contribution in [0, 0.1) is 5.82 Å². The number of hydrogen-bond donors (Lipinski definition) is 2. The first-order valence-corrected chi connectivity index (χ1v) is 4.29. The van der Waals surface area contributed by atoms with Gasteiger partial charge in [-0.1, -0.05) is 0 Å². The molecule has 0 amide bonds. The summed E-state index contributed by atoms with van der Waals surface area (Å²) >= 11 is 3.10. The minimum Gasteiger partial charge on any atom is -0.480 e. The Morgan fingerprint density at radius 2 is 2.31 bits per heavy atom. The minimum absolute atomic E-state index is 0.190. The third-order valence-electron chi connectivity index (χ3n) is 1.36. The second-order valence-electron chi connectivity index (χ2n) is 2.37. The van der Waals surface area contributed by atoms with Crippen LogP contribution in [0.4, 0.5) is 10.1 Å². The first-order chi connectivity index (χ1) is 6.09. The fourth-order valence-electron chi connectivity index (χ4n) is 0.804. The minimum atomic E-state index is -0.962. The summed E-state index contributed by atoms with van der Waals surface area (Å²) in [6.07, 6.45) is 0. The van der Waals surface area contributed by atoms with Gasteiger partial charge in [-0.25, -0.2) is 4.39 Å². The van der Waals surface area contributed by atoms with Crippen LogP contribution in [-0.2, 0) is 4.79 Å². The van der Waals surface area contributed by atoms with E-state index >= 15 is 0 Å². The van der Waals surface area contributed by atoms with Crippen molar-refractivity contribution in [1.82, 2.24) is 0 Å². The highest BCUT2D eigenvalue weighted by atomic mass is 79.9. The Balaban J connectivity index is 2.72. The van der Waals surface area contributed by atoms with Crippen molar-refractivity contribution in [1.29, 1.82) is 0 Å². The molecule has 13 heavy (non-hydrogen) atoms. The van der Waals surface area contributed by atoms with E-state index in [4.69, 9.17) is 5.11 Å². The Morgan fingerprint density at radius 1 is 1.62 bits per heavy atom. The van der Waals surface area contributed by atoms with E-state index in [-0.39, 0.29) is 12.4 Å². The lowest BCUT2D eigenvalue weighted by atomic mass is 10.3. The third-order valence-corrected chi connectivity index (χ3v) is 2.02. The molecule has 1 aromatic rings. The molecule has 0 radical (unpaired) electrons. The summed E-state index contributed by atoms with van der Waals surface area (Å²) in [6, 6.07) is 4.00. The lowest BCUT2D eigenvalue weighted by Crippen LogP contribution is -2.12. The molecular weight excluding hydrogens is 241 g/mol. The fraction of sp³-hybridized carbons (Fsp3) is 0.125. The molecule has 0 aliphatic rings. The van der Waals surface area contributed by atoms with Crippen LogP contribution in [0.2, 0.25) is 0 Å². The third kappa shape index (κ3) is 3.02. The predicted octanol–water partition coefficient (Wildman–Crippen LogP) is 2.08. The van der Waals surface area contributed by atoms with E-state index in [2.05, 4.69) is 21.2 Å². The number of nitrogens with one attached hydrogen (secondary N) is 1. The van der Waals surface area contributed by atoms with E-state index in [1.54, 1.807) is 0 Å². The molecule has 0 aliphatic carbocycles. The number of rotatable bonds is 3. The van der Waals surface area contributed by atoms with Gasteiger partial charge in [-0.15, -0.1) is 0 Å². The number of aliphatic carboxylic acids is 1. The Bertz CT molecular complexity index is 330. The monoisotopic (exact) mass is 247 g/mol. The number of benzene rings is 1. The van der Waals surface area contributed by atoms with Gasteiger partial charge in [0.05, 0.1) is 0 Å². The normalized spacial score (nSPS) is 9.69. The van der Waals surface area contributed by atoms with E-state index in [1.165, 1.54) is 18.2 Å². The van der Waals surface area contributed by atoms with Crippen molar-refractivity contribution in [2.24, 2.45) is 0 Å². The molecule has 0 fully saturated rings. The van der Waals surface area contributed by atoms with E-state index in [0.29, 0.717) is 10.2 Å². The van der Waals surface area contributed by atoms with Gasteiger partial charge in [0.1, 0.15) is 12.4 Å². The summed E-state index contributed by atoms with van der Waals surface area (Å²) < 4.78 is 13.1. The standard InChI is InChI=1S/C8H7BrFNO2/c9-6-3-5(10)1-2-7(6)11-4-8(12)13/h1-3,11H,4H2,(H,12,13). The van der Waals surface area contributed by atoms with Gasteiger partial charge in [0.2, 0.25) is 0 Å². The molecule has 0 saturated heterocycles. The van der Waals surface area contributed by atoms with Gasteiger partial charge in [-0.3, -0.25) is 4.79 Å². The Kier molecular flexibility index (Phi) is 3.25. The van der Waals surface area contributed by atoms with E-state index in [1.807, 2.05) is 0 Å². The molecule has 0 heterocycles. The lowest BCUT2D eigenvalue weighted by Gasteiger charge is -2.05. The van der Waals surface area contributed by atoms with Gasteiger partial charge >= 0.3 is 5.97 Å². The summed E-state index contributed by atoms with van der Waals surface area (Å²) in [6.45, 7) is -0.190. The fourth-order valence-corrected chi connectivity index (χ4v) is 1.29. The summed E-state index contributed by atoms with van der Waals surface area (Å²) in [5, 5.41) is 11.0. The predicted molar refractivity (Wildman–Crippen MR) is 50.2 cm³/mol. The van der Waals surface area contributed by atoms with Crippen LogP contribution < -0.4 is 5.32 Å². The largest absolute Gasteiger partial charge is 0.480 e. The molecule has 2 N–H and O–H groups in total. The zero-order valence-corrected chi connectivity index (χ0v) is 8.14. The van der Waals surface area contributed by atoms with Crippen LogP contribution in [0.5, 0.6) is 0 Å². The maximum Gasteiger partial charge on any atom is 0.322 e. The zero-order chi connectivity index (χ0) is 9.84. The molecule has 3 nitrogen and oxygen atoms in total. The molecule has 0 spiro atoms. The van der Waals surface area contributed by atoms with E-state index < -0.39 is 5.97 Å².